The molecule has 0 bridgehead atoms. The third-order valence-electron chi connectivity index (χ3n) is 2.74. The molecule has 1 heterocycles. The van der Waals surface area contributed by atoms with Gasteiger partial charge in [-0.05, 0) is 45.7 Å². The van der Waals surface area contributed by atoms with Crippen molar-refractivity contribution in [3.8, 4) is 6.07 Å². The van der Waals surface area contributed by atoms with Gasteiger partial charge in [0, 0.05) is 12.7 Å². The molecule has 1 rings (SSSR count). The minimum atomic E-state index is -0.194. The first-order chi connectivity index (χ1) is 8.03. The molecule has 1 aromatic rings. The van der Waals surface area contributed by atoms with Gasteiger partial charge in [0.15, 0.2) is 0 Å². The summed E-state index contributed by atoms with van der Waals surface area (Å²) in [6.45, 7) is 8.80. The van der Waals surface area contributed by atoms with Crippen molar-refractivity contribution < 1.29 is 0 Å². The van der Waals surface area contributed by atoms with E-state index in [0.29, 0.717) is 0 Å². The van der Waals surface area contributed by atoms with Gasteiger partial charge >= 0.3 is 0 Å². The van der Waals surface area contributed by atoms with Gasteiger partial charge in [0.1, 0.15) is 0 Å². The third kappa shape index (κ3) is 5.50. The van der Waals surface area contributed by atoms with E-state index in [1.54, 1.807) is 0 Å². The Bertz CT molecular complexity index is 373. The zero-order valence-corrected chi connectivity index (χ0v) is 11.0. The van der Waals surface area contributed by atoms with Gasteiger partial charge in [-0.2, -0.15) is 10.4 Å². The minimum absolute atomic E-state index is 0.194. The SMILES string of the molecule is Cc1cnn(CCNCCCC(C)(C)C#N)c1. The lowest BCUT2D eigenvalue weighted by Crippen LogP contribution is -2.22. The summed E-state index contributed by atoms with van der Waals surface area (Å²) in [6.07, 6.45) is 5.89. The summed E-state index contributed by atoms with van der Waals surface area (Å²) in [6, 6.07) is 2.32. The van der Waals surface area contributed by atoms with E-state index in [2.05, 4.69) is 16.5 Å². The fourth-order valence-corrected chi connectivity index (χ4v) is 1.62. The Morgan fingerprint density at radius 2 is 2.24 bits per heavy atom. The second-order valence-electron chi connectivity index (χ2n) is 5.13. The molecule has 17 heavy (non-hydrogen) atoms. The molecule has 0 amide bonds. The van der Waals surface area contributed by atoms with Crippen LogP contribution in [-0.2, 0) is 6.54 Å². The van der Waals surface area contributed by atoms with Crippen LogP contribution in [0, 0.1) is 23.7 Å². The first-order valence-electron chi connectivity index (χ1n) is 6.14. The molecule has 0 radical (unpaired) electrons. The molecule has 0 aromatic carbocycles. The highest BCUT2D eigenvalue weighted by Gasteiger charge is 2.15. The van der Waals surface area contributed by atoms with Crippen LogP contribution in [0.25, 0.3) is 0 Å². The van der Waals surface area contributed by atoms with Crippen molar-refractivity contribution in [2.45, 2.75) is 40.2 Å². The Kier molecular flexibility index (Phi) is 5.17. The minimum Gasteiger partial charge on any atom is -0.315 e. The highest BCUT2D eigenvalue weighted by Crippen LogP contribution is 2.19. The van der Waals surface area contributed by atoms with E-state index in [0.717, 1.165) is 32.5 Å². The average Bonchev–Trinajstić information content (AvgIpc) is 2.69. The summed E-state index contributed by atoms with van der Waals surface area (Å²) >= 11 is 0. The summed E-state index contributed by atoms with van der Waals surface area (Å²) in [4.78, 5) is 0. The first-order valence-corrected chi connectivity index (χ1v) is 6.14. The summed E-state index contributed by atoms with van der Waals surface area (Å²) in [5.74, 6) is 0. The highest BCUT2D eigenvalue weighted by atomic mass is 15.3. The van der Waals surface area contributed by atoms with Crippen molar-refractivity contribution in [1.82, 2.24) is 15.1 Å². The summed E-state index contributed by atoms with van der Waals surface area (Å²) in [5.41, 5.74) is 1.00. The Balaban J connectivity index is 2.04. The third-order valence-corrected chi connectivity index (χ3v) is 2.74. The molecule has 0 atom stereocenters. The van der Waals surface area contributed by atoms with Gasteiger partial charge in [-0.25, -0.2) is 0 Å². The van der Waals surface area contributed by atoms with Crippen LogP contribution in [0.4, 0.5) is 0 Å². The predicted molar refractivity (Wildman–Crippen MR) is 68.5 cm³/mol. The Hall–Kier alpha value is -1.34. The highest BCUT2D eigenvalue weighted by molar-refractivity contribution is 4.99. The Labute approximate surface area is 104 Å². The van der Waals surface area contributed by atoms with E-state index in [-0.39, 0.29) is 5.41 Å². The lowest BCUT2D eigenvalue weighted by Gasteiger charge is -2.14. The quantitative estimate of drug-likeness (QED) is 0.735. The fourth-order valence-electron chi connectivity index (χ4n) is 1.62. The van der Waals surface area contributed by atoms with Crippen molar-refractivity contribution in [2.24, 2.45) is 5.41 Å². The van der Waals surface area contributed by atoms with Gasteiger partial charge in [-0.1, -0.05) is 0 Å². The van der Waals surface area contributed by atoms with E-state index < -0.39 is 0 Å². The number of nitrogens with one attached hydrogen (secondary N) is 1. The van der Waals surface area contributed by atoms with Gasteiger partial charge in [0.2, 0.25) is 0 Å². The smallest absolute Gasteiger partial charge is 0.0683 e. The van der Waals surface area contributed by atoms with Crippen LogP contribution in [0.1, 0.15) is 32.3 Å². The van der Waals surface area contributed by atoms with E-state index >= 15 is 0 Å². The molecule has 94 valence electrons. The second kappa shape index (κ2) is 6.41. The summed E-state index contributed by atoms with van der Waals surface area (Å²) in [5, 5.41) is 16.5. The van der Waals surface area contributed by atoms with Gasteiger partial charge in [-0.15, -0.1) is 0 Å². The van der Waals surface area contributed by atoms with Gasteiger partial charge in [0.25, 0.3) is 0 Å². The number of rotatable bonds is 7. The van der Waals surface area contributed by atoms with Crippen LogP contribution >= 0.6 is 0 Å². The molecule has 0 aliphatic heterocycles. The standard InChI is InChI=1S/C13H22N4/c1-12-9-16-17(10-12)8-7-15-6-4-5-13(2,3)11-14/h9-10,15H,4-8H2,1-3H3. The van der Waals surface area contributed by atoms with Crippen LogP contribution in [0.15, 0.2) is 12.4 Å². The molecule has 1 N–H and O–H groups in total. The number of nitrogens with zero attached hydrogens (tertiary/aromatic N) is 3. The number of aromatic nitrogens is 2. The number of aryl methyl sites for hydroxylation is 1. The zero-order chi connectivity index (χ0) is 12.7. The Morgan fingerprint density at radius 3 is 2.82 bits per heavy atom. The normalized spacial score (nSPS) is 11.4. The maximum Gasteiger partial charge on any atom is 0.0683 e. The number of nitriles is 1. The maximum atomic E-state index is 8.87. The van der Waals surface area contributed by atoms with Gasteiger partial charge < -0.3 is 5.32 Å². The summed E-state index contributed by atoms with van der Waals surface area (Å²) < 4.78 is 1.95. The Morgan fingerprint density at radius 1 is 1.47 bits per heavy atom. The van der Waals surface area contributed by atoms with Crippen molar-refractivity contribution >= 4 is 0 Å². The molecule has 4 heteroatoms. The van der Waals surface area contributed by atoms with Gasteiger partial charge in [-0.3, -0.25) is 4.68 Å². The molecule has 1 aromatic heterocycles. The van der Waals surface area contributed by atoms with Crippen molar-refractivity contribution in [2.75, 3.05) is 13.1 Å². The molecule has 0 aliphatic carbocycles. The average molecular weight is 234 g/mol. The van der Waals surface area contributed by atoms with Crippen LogP contribution in [0.2, 0.25) is 0 Å². The van der Waals surface area contributed by atoms with Crippen molar-refractivity contribution in [1.29, 1.82) is 5.26 Å². The molecule has 0 spiro atoms. The first kappa shape index (κ1) is 13.7. The summed E-state index contributed by atoms with van der Waals surface area (Å²) in [7, 11) is 0. The number of hydrogen-bond donors (Lipinski definition) is 1. The van der Waals surface area contributed by atoms with Crippen LogP contribution < -0.4 is 5.32 Å². The predicted octanol–water partition coefficient (Wildman–Crippen LogP) is 2.11. The van der Waals surface area contributed by atoms with Crippen molar-refractivity contribution in [3.05, 3.63) is 18.0 Å². The fraction of sp³-hybridized carbons (Fsp3) is 0.692. The van der Waals surface area contributed by atoms with Crippen LogP contribution in [-0.4, -0.2) is 22.9 Å². The molecule has 4 nitrogen and oxygen atoms in total. The largest absolute Gasteiger partial charge is 0.315 e. The van der Waals surface area contributed by atoms with E-state index in [1.165, 1.54) is 5.56 Å². The molecule has 0 saturated carbocycles. The van der Waals surface area contributed by atoms with E-state index in [9.17, 15) is 0 Å². The molecule has 0 fully saturated rings. The topological polar surface area (TPSA) is 53.6 Å². The molecule has 0 saturated heterocycles. The zero-order valence-electron chi connectivity index (χ0n) is 11.0. The number of hydrogen-bond acceptors (Lipinski definition) is 3. The molecular formula is C13H22N4. The lowest BCUT2D eigenvalue weighted by molar-refractivity contribution is 0.422. The molecule has 0 aliphatic rings. The molecular weight excluding hydrogens is 212 g/mol. The van der Waals surface area contributed by atoms with E-state index in [1.807, 2.05) is 37.8 Å². The van der Waals surface area contributed by atoms with Gasteiger partial charge in [0.05, 0.1) is 24.2 Å². The maximum absolute atomic E-state index is 8.87. The lowest BCUT2D eigenvalue weighted by atomic mass is 9.90. The monoisotopic (exact) mass is 234 g/mol. The van der Waals surface area contributed by atoms with E-state index in [4.69, 9.17) is 5.26 Å². The van der Waals surface area contributed by atoms with Crippen LogP contribution in [0.5, 0.6) is 0 Å². The molecule has 0 unspecified atom stereocenters. The second-order valence-corrected chi connectivity index (χ2v) is 5.13. The van der Waals surface area contributed by atoms with Crippen LogP contribution in [0.3, 0.4) is 0 Å². The van der Waals surface area contributed by atoms with Crippen molar-refractivity contribution in [3.63, 3.8) is 0 Å².